The molecule has 1 aromatic carbocycles. The van der Waals surface area contributed by atoms with Gasteiger partial charge in [0.2, 0.25) is 0 Å². The van der Waals surface area contributed by atoms with Crippen LogP contribution in [0, 0.1) is 0 Å². The zero-order valence-electron chi connectivity index (χ0n) is 12.5. The fourth-order valence-corrected chi connectivity index (χ4v) is 2.76. The van der Waals surface area contributed by atoms with Gasteiger partial charge in [-0.05, 0) is 25.3 Å². The molecule has 0 radical (unpaired) electrons. The molecule has 0 saturated carbocycles. The van der Waals surface area contributed by atoms with Gasteiger partial charge in [0.25, 0.3) is 0 Å². The third kappa shape index (κ3) is 3.93. The Morgan fingerprint density at radius 2 is 2.19 bits per heavy atom. The molecular weight excluding hydrogens is 262 g/mol. The Kier molecular flexibility index (Phi) is 4.68. The van der Waals surface area contributed by atoms with Crippen LogP contribution in [0.25, 0.3) is 0 Å². The molecule has 112 valence electrons. The summed E-state index contributed by atoms with van der Waals surface area (Å²) < 4.78 is 7.69. The maximum absolute atomic E-state index is 5.70. The van der Waals surface area contributed by atoms with Crippen molar-refractivity contribution in [3.8, 4) is 0 Å². The van der Waals surface area contributed by atoms with Gasteiger partial charge in [-0.2, -0.15) is 5.10 Å². The summed E-state index contributed by atoms with van der Waals surface area (Å²) in [6, 6.07) is 10.8. The van der Waals surface area contributed by atoms with Gasteiger partial charge in [0, 0.05) is 31.0 Å². The summed E-state index contributed by atoms with van der Waals surface area (Å²) in [6.07, 6.45) is 6.78. The first-order valence-corrected chi connectivity index (χ1v) is 7.71. The van der Waals surface area contributed by atoms with Crippen LogP contribution < -0.4 is 5.32 Å². The molecule has 2 atom stereocenters. The van der Waals surface area contributed by atoms with Crippen molar-refractivity contribution in [1.29, 1.82) is 0 Å². The molecule has 4 nitrogen and oxygen atoms in total. The Labute approximate surface area is 126 Å². The van der Waals surface area contributed by atoms with Crippen molar-refractivity contribution in [2.24, 2.45) is 0 Å². The van der Waals surface area contributed by atoms with Crippen molar-refractivity contribution >= 4 is 0 Å². The molecule has 1 saturated heterocycles. The van der Waals surface area contributed by atoms with Gasteiger partial charge in [-0.15, -0.1) is 0 Å². The van der Waals surface area contributed by atoms with Crippen LogP contribution in [0.5, 0.6) is 0 Å². The lowest BCUT2D eigenvalue weighted by Gasteiger charge is -2.19. The SMILES string of the molecule is CC(NCc1cnn(Cc2ccccc2)c1)C1CCCO1. The average Bonchev–Trinajstić information content (AvgIpc) is 3.17. The van der Waals surface area contributed by atoms with Gasteiger partial charge in [-0.3, -0.25) is 4.68 Å². The predicted molar refractivity (Wildman–Crippen MR) is 83.0 cm³/mol. The van der Waals surface area contributed by atoms with Gasteiger partial charge < -0.3 is 10.1 Å². The van der Waals surface area contributed by atoms with E-state index in [9.17, 15) is 0 Å². The highest BCUT2D eigenvalue weighted by molar-refractivity contribution is 5.15. The van der Waals surface area contributed by atoms with E-state index in [1.807, 2.05) is 16.9 Å². The van der Waals surface area contributed by atoms with E-state index in [2.05, 4.69) is 47.8 Å². The second-order valence-corrected chi connectivity index (χ2v) is 5.75. The van der Waals surface area contributed by atoms with Gasteiger partial charge in [0.05, 0.1) is 18.8 Å². The summed E-state index contributed by atoms with van der Waals surface area (Å²) >= 11 is 0. The van der Waals surface area contributed by atoms with Crippen molar-refractivity contribution in [2.75, 3.05) is 6.61 Å². The first-order chi connectivity index (χ1) is 10.3. The molecule has 1 fully saturated rings. The van der Waals surface area contributed by atoms with Crippen LogP contribution in [-0.4, -0.2) is 28.5 Å². The van der Waals surface area contributed by atoms with Crippen LogP contribution in [0.3, 0.4) is 0 Å². The molecule has 1 N–H and O–H groups in total. The molecule has 1 aliphatic heterocycles. The summed E-state index contributed by atoms with van der Waals surface area (Å²) in [4.78, 5) is 0. The van der Waals surface area contributed by atoms with Crippen LogP contribution >= 0.6 is 0 Å². The Hall–Kier alpha value is -1.65. The molecule has 2 aromatic rings. The van der Waals surface area contributed by atoms with Crippen molar-refractivity contribution in [2.45, 2.75) is 45.0 Å². The summed E-state index contributed by atoms with van der Waals surface area (Å²) in [5, 5.41) is 7.97. The molecule has 0 bridgehead atoms. The second-order valence-electron chi connectivity index (χ2n) is 5.75. The van der Waals surface area contributed by atoms with E-state index in [0.717, 1.165) is 19.7 Å². The monoisotopic (exact) mass is 285 g/mol. The molecule has 4 heteroatoms. The van der Waals surface area contributed by atoms with Crippen LogP contribution in [0.15, 0.2) is 42.7 Å². The molecule has 1 aromatic heterocycles. The number of nitrogens with zero attached hydrogens (tertiary/aromatic N) is 2. The summed E-state index contributed by atoms with van der Waals surface area (Å²) in [7, 11) is 0. The van der Waals surface area contributed by atoms with Gasteiger partial charge in [0.15, 0.2) is 0 Å². The third-order valence-corrected chi connectivity index (χ3v) is 4.02. The van der Waals surface area contributed by atoms with Gasteiger partial charge in [-0.25, -0.2) is 0 Å². The molecule has 1 aliphatic rings. The van der Waals surface area contributed by atoms with Gasteiger partial charge >= 0.3 is 0 Å². The smallest absolute Gasteiger partial charge is 0.0726 e. The quantitative estimate of drug-likeness (QED) is 0.886. The fourth-order valence-electron chi connectivity index (χ4n) is 2.76. The van der Waals surface area contributed by atoms with Crippen molar-refractivity contribution in [3.05, 3.63) is 53.9 Å². The molecule has 2 unspecified atom stereocenters. The number of nitrogens with one attached hydrogen (secondary N) is 1. The van der Waals surface area contributed by atoms with Gasteiger partial charge in [0.1, 0.15) is 0 Å². The lowest BCUT2D eigenvalue weighted by molar-refractivity contribution is 0.0832. The average molecular weight is 285 g/mol. The molecule has 0 spiro atoms. The molecule has 0 aliphatic carbocycles. The second kappa shape index (κ2) is 6.87. The highest BCUT2D eigenvalue weighted by atomic mass is 16.5. The van der Waals surface area contributed by atoms with Crippen LogP contribution in [0.1, 0.15) is 30.9 Å². The summed E-state index contributed by atoms with van der Waals surface area (Å²) in [5.74, 6) is 0. The minimum Gasteiger partial charge on any atom is -0.377 e. The molecular formula is C17H23N3O. The largest absolute Gasteiger partial charge is 0.377 e. The van der Waals surface area contributed by atoms with Crippen LogP contribution in [0.2, 0.25) is 0 Å². The van der Waals surface area contributed by atoms with E-state index < -0.39 is 0 Å². The van der Waals surface area contributed by atoms with E-state index in [0.29, 0.717) is 12.1 Å². The Balaban J connectivity index is 1.50. The van der Waals surface area contributed by atoms with Gasteiger partial charge in [-0.1, -0.05) is 30.3 Å². The maximum Gasteiger partial charge on any atom is 0.0726 e. The number of aromatic nitrogens is 2. The van der Waals surface area contributed by atoms with Crippen molar-refractivity contribution < 1.29 is 4.74 Å². The lowest BCUT2D eigenvalue weighted by Crippen LogP contribution is -2.36. The zero-order chi connectivity index (χ0) is 14.5. The maximum atomic E-state index is 5.70. The predicted octanol–water partition coefficient (Wildman–Crippen LogP) is 2.59. The molecule has 3 rings (SSSR count). The molecule has 2 heterocycles. The minimum atomic E-state index is 0.365. The van der Waals surface area contributed by atoms with Crippen LogP contribution in [-0.2, 0) is 17.8 Å². The first kappa shape index (κ1) is 14.3. The zero-order valence-corrected chi connectivity index (χ0v) is 12.5. The van der Waals surface area contributed by atoms with E-state index in [-0.39, 0.29) is 0 Å². The van der Waals surface area contributed by atoms with E-state index >= 15 is 0 Å². The van der Waals surface area contributed by atoms with Crippen LogP contribution in [0.4, 0.5) is 0 Å². The number of ether oxygens (including phenoxy) is 1. The molecule has 21 heavy (non-hydrogen) atoms. The Bertz CT molecular complexity index is 546. The van der Waals surface area contributed by atoms with E-state index in [4.69, 9.17) is 4.74 Å². The minimum absolute atomic E-state index is 0.365. The first-order valence-electron chi connectivity index (χ1n) is 7.71. The normalized spacial score (nSPS) is 19.8. The van der Waals surface area contributed by atoms with E-state index in [1.165, 1.54) is 24.0 Å². The number of hydrogen-bond acceptors (Lipinski definition) is 3. The highest BCUT2D eigenvalue weighted by Crippen LogP contribution is 2.15. The molecule has 0 amide bonds. The third-order valence-electron chi connectivity index (χ3n) is 4.02. The standard InChI is InChI=1S/C17H23N3O/c1-14(17-8-5-9-21-17)18-10-16-11-19-20(13-16)12-15-6-3-2-4-7-15/h2-4,6-7,11,13-14,17-18H,5,8-10,12H2,1H3. The number of hydrogen-bond donors (Lipinski definition) is 1. The highest BCUT2D eigenvalue weighted by Gasteiger charge is 2.21. The van der Waals surface area contributed by atoms with Crippen molar-refractivity contribution in [1.82, 2.24) is 15.1 Å². The number of benzene rings is 1. The summed E-state index contributed by atoms with van der Waals surface area (Å²) in [5.41, 5.74) is 2.49. The van der Waals surface area contributed by atoms with Crippen molar-refractivity contribution in [3.63, 3.8) is 0 Å². The topological polar surface area (TPSA) is 39.1 Å². The van der Waals surface area contributed by atoms with E-state index in [1.54, 1.807) is 0 Å². The number of rotatable bonds is 6. The Morgan fingerprint density at radius 1 is 1.33 bits per heavy atom. The lowest BCUT2D eigenvalue weighted by atomic mass is 10.1. The summed E-state index contributed by atoms with van der Waals surface area (Å²) in [6.45, 7) is 4.77. The Morgan fingerprint density at radius 3 is 2.95 bits per heavy atom. The fraction of sp³-hybridized carbons (Fsp3) is 0.471.